The number of esters is 2. The molecule has 0 saturated heterocycles. The third-order valence-corrected chi connectivity index (χ3v) is 2.48. The van der Waals surface area contributed by atoms with Gasteiger partial charge in [0.05, 0.1) is 32.0 Å². The van der Waals surface area contributed by atoms with Crippen molar-refractivity contribution in [1.29, 1.82) is 0 Å². The van der Waals surface area contributed by atoms with Gasteiger partial charge in [0.2, 0.25) is 0 Å². The van der Waals surface area contributed by atoms with Crippen LogP contribution >= 0.6 is 0 Å². The van der Waals surface area contributed by atoms with Crippen LogP contribution in [-0.2, 0) is 9.47 Å². The van der Waals surface area contributed by atoms with Crippen molar-refractivity contribution in [3.05, 3.63) is 39.8 Å². The highest BCUT2D eigenvalue weighted by Crippen LogP contribution is 2.19. The van der Waals surface area contributed by atoms with Gasteiger partial charge in [-0.25, -0.2) is 9.59 Å². The maximum atomic E-state index is 11.6. The normalized spacial score (nSPS) is 9.43. The Labute approximate surface area is 121 Å². The molecule has 8 nitrogen and oxygen atoms in total. The Morgan fingerprint density at radius 3 is 2.19 bits per heavy atom. The zero-order chi connectivity index (χ0) is 15.7. The minimum atomic E-state index is -0.584. The van der Waals surface area contributed by atoms with Crippen LogP contribution in [0.15, 0.2) is 23.3 Å². The third-order valence-electron chi connectivity index (χ3n) is 2.48. The molecule has 0 N–H and O–H groups in total. The summed E-state index contributed by atoms with van der Waals surface area (Å²) in [6, 6.07) is 4.29. The molecule has 0 atom stereocenters. The largest absolute Gasteiger partial charge is 0.494 e. The van der Waals surface area contributed by atoms with E-state index in [9.17, 15) is 9.59 Å². The molecular formula is C13H15N3O5. The van der Waals surface area contributed by atoms with Gasteiger partial charge in [-0.15, -0.1) is 0 Å². The Morgan fingerprint density at radius 2 is 1.71 bits per heavy atom. The van der Waals surface area contributed by atoms with E-state index < -0.39 is 11.9 Å². The van der Waals surface area contributed by atoms with Crippen LogP contribution in [0.5, 0.6) is 5.75 Å². The van der Waals surface area contributed by atoms with E-state index >= 15 is 0 Å². The van der Waals surface area contributed by atoms with Gasteiger partial charge >= 0.3 is 11.9 Å². The lowest BCUT2D eigenvalue weighted by atomic mass is 10.1. The van der Waals surface area contributed by atoms with Crippen molar-refractivity contribution in [3.8, 4) is 5.75 Å². The number of ether oxygens (including phenoxy) is 3. The number of benzene rings is 1. The summed E-state index contributed by atoms with van der Waals surface area (Å²) in [5.74, 6) is -0.835. The lowest BCUT2D eigenvalue weighted by Gasteiger charge is -2.09. The Balaban J connectivity index is 2.88. The first-order valence-corrected chi connectivity index (χ1v) is 6.07. The van der Waals surface area contributed by atoms with Crippen molar-refractivity contribution in [3.63, 3.8) is 0 Å². The van der Waals surface area contributed by atoms with E-state index in [2.05, 4.69) is 19.5 Å². The molecule has 0 saturated carbocycles. The van der Waals surface area contributed by atoms with Crippen molar-refractivity contribution in [2.24, 2.45) is 5.11 Å². The van der Waals surface area contributed by atoms with Crippen LogP contribution in [0.2, 0.25) is 0 Å². The van der Waals surface area contributed by atoms with Crippen LogP contribution in [0.3, 0.4) is 0 Å². The molecule has 0 aliphatic rings. The predicted octanol–water partition coefficient (Wildman–Crippen LogP) is 2.34. The lowest BCUT2D eigenvalue weighted by Crippen LogP contribution is -2.08. The first-order chi connectivity index (χ1) is 10.1. The molecule has 0 fully saturated rings. The van der Waals surface area contributed by atoms with Gasteiger partial charge in [-0.05, 0) is 30.2 Å². The van der Waals surface area contributed by atoms with Gasteiger partial charge in [0.25, 0.3) is 0 Å². The Bertz CT molecular complexity index is 533. The van der Waals surface area contributed by atoms with Gasteiger partial charge in [-0.1, -0.05) is 5.11 Å². The Hall–Kier alpha value is -2.73. The van der Waals surface area contributed by atoms with E-state index in [1.165, 1.54) is 32.4 Å². The van der Waals surface area contributed by atoms with Gasteiger partial charge in [-0.3, -0.25) is 0 Å². The minimum absolute atomic E-state index is 0.186. The molecule has 0 heterocycles. The third kappa shape index (κ3) is 5.04. The number of carbonyl (C=O) groups excluding carboxylic acids is 2. The van der Waals surface area contributed by atoms with Crippen LogP contribution in [0.4, 0.5) is 0 Å². The van der Waals surface area contributed by atoms with Crippen molar-refractivity contribution in [1.82, 2.24) is 0 Å². The summed E-state index contributed by atoms with van der Waals surface area (Å²) in [6.07, 6.45) is 0.514. The number of nitrogens with zero attached hydrogens (tertiary/aromatic N) is 3. The molecule has 1 aromatic carbocycles. The quantitative estimate of drug-likeness (QED) is 0.252. The number of azide groups is 1. The van der Waals surface area contributed by atoms with Crippen molar-refractivity contribution in [2.45, 2.75) is 6.42 Å². The summed E-state index contributed by atoms with van der Waals surface area (Å²) in [6.45, 7) is 0.585. The second-order valence-electron chi connectivity index (χ2n) is 3.89. The molecule has 21 heavy (non-hydrogen) atoms. The zero-order valence-electron chi connectivity index (χ0n) is 11.7. The van der Waals surface area contributed by atoms with Crippen LogP contribution in [0.25, 0.3) is 10.4 Å². The van der Waals surface area contributed by atoms with Crippen LogP contribution in [0, 0.1) is 0 Å². The molecule has 0 amide bonds. The first kappa shape index (κ1) is 16.3. The highest BCUT2D eigenvalue weighted by Gasteiger charge is 2.14. The molecule has 1 rings (SSSR count). The van der Waals surface area contributed by atoms with Gasteiger partial charge in [-0.2, -0.15) is 0 Å². The Kier molecular flexibility index (Phi) is 6.56. The SMILES string of the molecule is COC(=O)c1cc(OCCCN=[N+]=[N-])cc(C(=O)OC)c1. The fourth-order valence-corrected chi connectivity index (χ4v) is 1.52. The average Bonchev–Trinajstić information content (AvgIpc) is 2.52. The van der Waals surface area contributed by atoms with E-state index in [4.69, 9.17) is 10.3 Å². The minimum Gasteiger partial charge on any atom is -0.494 e. The van der Waals surface area contributed by atoms with Gasteiger partial charge in [0.1, 0.15) is 5.75 Å². The van der Waals surface area contributed by atoms with E-state index in [0.29, 0.717) is 18.7 Å². The van der Waals surface area contributed by atoms with E-state index in [1.807, 2.05) is 0 Å². The number of hydrogen-bond acceptors (Lipinski definition) is 6. The highest BCUT2D eigenvalue weighted by molar-refractivity contribution is 5.96. The summed E-state index contributed by atoms with van der Waals surface area (Å²) >= 11 is 0. The average molecular weight is 293 g/mol. The van der Waals surface area contributed by atoms with Crippen molar-refractivity contribution >= 4 is 11.9 Å². The van der Waals surface area contributed by atoms with E-state index in [0.717, 1.165) is 0 Å². The van der Waals surface area contributed by atoms with Crippen molar-refractivity contribution < 1.29 is 23.8 Å². The molecule has 1 aromatic rings. The van der Waals surface area contributed by atoms with Gasteiger partial charge in [0.15, 0.2) is 0 Å². The second kappa shape index (κ2) is 8.44. The first-order valence-electron chi connectivity index (χ1n) is 6.07. The Morgan fingerprint density at radius 1 is 1.14 bits per heavy atom. The molecule has 0 aromatic heterocycles. The summed E-state index contributed by atoms with van der Waals surface area (Å²) < 4.78 is 14.7. The standard InChI is InChI=1S/C13H15N3O5/c1-19-12(17)9-6-10(13(18)20-2)8-11(7-9)21-5-3-4-15-16-14/h6-8H,3-5H2,1-2H3. The molecule has 112 valence electrons. The zero-order valence-corrected chi connectivity index (χ0v) is 11.7. The van der Waals surface area contributed by atoms with E-state index in [-0.39, 0.29) is 17.7 Å². The number of hydrogen-bond donors (Lipinski definition) is 0. The molecule has 8 heteroatoms. The van der Waals surface area contributed by atoms with Crippen molar-refractivity contribution in [2.75, 3.05) is 27.4 Å². The van der Waals surface area contributed by atoms with Gasteiger partial charge < -0.3 is 14.2 Å². The second-order valence-corrected chi connectivity index (χ2v) is 3.89. The molecule has 0 spiro atoms. The maximum absolute atomic E-state index is 11.6. The molecule has 0 aliphatic carbocycles. The van der Waals surface area contributed by atoms with Crippen LogP contribution in [-0.4, -0.2) is 39.3 Å². The van der Waals surface area contributed by atoms with E-state index in [1.54, 1.807) is 0 Å². The molecular weight excluding hydrogens is 278 g/mol. The topological polar surface area (TPSA) is 111 Å². The fourth-order valence-electron chi connectivity index (χ4n) is 1.52. The van der Waals surface area contributed by atoms with Gasteiger partial charge in [0, 0.05) is 11.5 Å². The smallest absolute Gasteiger partial charge is 0.338 e. The summed E-state index contributed by atoms with van der Waals surface area (Å²) in [4.78, 5) is 25.7. The predicted molar refractivity (Wildman–Crippen MR) is 73.2 cm³/mol. The van der Waals surface area contributed by atoms with Crippen LogP contribution in [0.1, 0.15) is 27.1 Å². The molecule has 0 unspecified atom stereocenters. The summed E-state index contributed by atoms with van der Waals surface area (Å²) in [5, 5.41) is 3.37. The molecule has 0 bridgehead atoms. The summed E-state index contributed by atoms with van der Waals surface area (Å²) in [5.41, 5.74) is 8.52. The lowest BCUT2D eigenvalue weighted by molar-refractivity contribution is 0.0598. The molecule has 0 aliphatic heterocycles. The number of methoxy groups -OCH3 is 2. The highest BCUT2D eigenvalue weighted by atomic mass is 16.5. The van der Waals surface area contributed by atoms with Crippen LogP contribution < -0.4 is 4.74 Å². The fraction of sp³-hybridized carbons (Fsp3) is 0.385. The monoisotopic (exact) mass is 293 g/mol. The number of carbonyl (C=O) groups is 2. The number of rotatable bonds is 7. The maximum Gasteiger partial charge on any atom is 0.338 e. The molecule has 0 radical (unpaired) electrons. The summed E-state index contributed by atoms with van der Waals surface area (Å²) in [7, 11) is 2.49.